The van der Waals surface area contributed by atoms with Crippen LogP contribution in [0.25, 0.3) is 0 Å². The summed E-state index contributed by atoms with van der Waals surface area (Å²) in [6, 6.07) is 14.3. The van der Waals surface area contributed by atoms with E-state index in [1.165, 1.54) is 0 Å². The molecule has 7 heteroatoms. The van der Waals surface area contributed by atoms with Gasteiger partial charge in [0, 0.05) is 32.2 Å². The molecule has 6 nitrogen and oxygen atoms in total. The lowest BCUT2D eigenvalue weighted by molar-refractivity contribution is 0.262. The highest BCUT2D eigenvalue weighted by atomic mass is 32.2. The second-order valence-electron chi connectivity index (χ2n) is 7.52. The number of carbonyl (C=O) groups excluding carboxylic acids is 1. The zero-order chi connectivity index (χ0) is 20.3. The van der Waals surface area contributed by atoms with Gasteiger partial charge in [0.1, 0.15) is 5.75 Å². The zero-order valence-electron chi connectivity index (χ0n) is 16.3. The van der Waals surface area contributed by atoms with E-state index in [9.17, 15) is 9.90 Å². The number of aromatic amines is 1. The summed E-state index contributed by atoms with van der Waals surface area (Å²) in [5.41, 5.74) is 2.55. The molecule has 0 atom stereocenters. The van der Waals surface area contributed by atoms with Gasteiger partial charge in [-0.25, -0.2) is 4.79 Å². The van der Waals surface area contributed by atoms with Crippen molar-refractivity contribution >= 4 is 29.3 Å². The van der Waals surface area contributed by atoms with Crippen molar-refractivity contribution < 1.29 is 9.90 Å². The normalized spacial score (nSPS) is 11.3. The van der Waals surface area contributed by atoms with Crippen LogP contribution in [-0.2, 0) is 5.41 Å². The Bertz CT molecular complexity index is 958. The highest BCUT2D eigenvalue weighted by Gasteiger charge is 2.21. The smallest absolute Gasteiger partial charge is 0.324 e. The molecule has 3 aromatic rings. The number of urea groups is 1. The topological polar surface area (TPSA) is 90.0 Å². The molecule has 1 heterocycles. The number of anilines is 2. The molecule has 0 bridgehead atoms. The van der Waals surface area contributed by atoms with Crippen molar-refractivity contribution in [2.24, 2.45) is 0 Å². The average molecular weight is 397 g/mol. The Labute approximate surface area is 168 Å². The number of phenolic OH excluding ortho intramolecular Hbond substituents is 1. The molecule has 4 N–H and O–H groups in total. The number of phenols is 1. The van der Waals surface area contributed by atoms with Gasteiger partial charge < -0.3 is 10.4 Å². The van der Waals surface area contributed by atoms with Crippen LogP contribution in [0.5, 0.6) is 5.75 Å². The number of nitrogens with one attached hydrogen (secondary N) is 3. The van der Waals surface area contributed by atoms with E-state index in [1.807, 2.05) is 43.3 Å². The van der Waals surface area contributed by atoms with Gasteiger partial charge in [-0.3, -0.25) is 10.4 Å². The highest BCUT2D eigenvalue weighted by molar-refractivity contribution is 7.99. The molecule has 0 unspecified atom stereocenters. The molecule has 0 spiro atoms. The predicted molar refractivity (Wildman–Crippen MR) is 113 cm³/mol. The van der Waals surface area contributed by atoms with Crippen molar-refractivity contribution in [3.8, 4) is 5.75 Å². The number of amides is 2. The Balaban J connectivity index is 1.60. The maximum absolute atomic E-state index is 12.3. The fourth-order valence-corrected chi connectivity index (χ4v) is 3.59. The molecule has 2 amide bonds. The number of aromatic nitrogens is 2. The summed E-state index contributed by atoms with van der Waals surface area (Å²) in [6.45, 7) is 8.22. The lowest BCUT2D eigenvalue weighted by Gasteiger charge is -2.17. The van der Waals surface area contributed by atoms with Crippen LogP contribution in [0.4, 0.5) is 16.3 Å². The third kappa shape index (κ3) is 4.86. The maximum Gasteiger partial charge on any atom is 0.324 e. The summed E-state index contributed by atoms with van der Waals surface area (Å²) < 4.78 is 0. The summed E-state index contributed by atoms with van der Waals surface area (Å²) in [5, 5.41) is 22.2. The van der Waals surface area contributed by atoms with Crippen molar-refractivity contribution in [3.63, 3.8) is 0 Å². The van der Waals surface area contributed by atoms with Crippen LogP contribution in [0, 0.1) is 6.92 Å². The minimum absolute atomic E-state index is 0.0709. The predicted octanol–water partition coefficient (Wildman–Crippen LogP) is 5.52. The van der Waals surface area contributed by atoms with E-state index >= 15 is 0 Å². The quantitative estimate of drug-likeness (QED) is 0.468. The number of carbonyl (C=O) groups is 1. The third-order valence-corrected chi connectivity index (χ3v) is 5.19. The standard InChI is InChI=1S/C21H24N4O2S/c1-13-18(21(2,3)4)24-25-19(13)23-20(27)22-14-5-9-16(10-6-14)28-17-11-7-15(26)8-12-17/h5-12,26H,1-4H3,(H3,22,23,24,25,27). The summed E-state index contributed by atoms with van der Waals surface area (Å²) in [7, 11) is 0. The number of rotatable bonds is 4. The Hall–Kier alpha value is -2.93. The molecule has 28 heavy (non-hydrogen) atoms. The molecule has 0 saturated carbocycles. The number of aromatic hydroxyl groups is 1. The maximum atomic E-state index is 12.3. The lowest BCUT2D eigenvalue weighted by atomic mass is 9.90. The van der Waals surface area contributed by atoms with Crippen LogP contribution in [0.15, 0.2) is 58.3 Å². The van der Waals surface area contributed by atoms with Gasteiger partial charge in [-0.1, -0.05) is 32.5 Å². The first-order valence-corrected chi connectivity index (χ1v) is 9.74. The van der Waals surface area contributed by atoms with E-state index in [0.717, 1.165) is 21.0 Å². The van der Waals surface area contributed by atoms with E-state index in [4.69, 9.17) is 0 Å². The molecule has 0 aliphatic carbocycles. The van der Waals surface area contributed by atoms with Gasteiger partial charge in [-0.15, -0.1) is 0 Å². The zero-order valence-corrected chi connectivity index (χ0v) is 17.1. The molecule has 0 saturated heterocycles. The van der Waals surface area contributed by atoms with Gasteiger partial charge in [0.15, 0.2) is 5.82 Å². The summed E-state index contributed by atoms with van der Waals surface area (Å²) in [5.74, 6) is 0.776. The minimum atomic E-state index is -0.339. The summed E-state index contributed by atoms with van der Waals surface area (Å²) in [4.78, 5) is 14.4. The van der Waals surface area contributed by atoms with Gasteiger partial charge >= 0.3 is 6.03 Å². The van der Waals surface area contributed by atoms with Gasteiger partial charge in [0.05, 0.1) is 0 Å². The Morgan fingerprint density at radius 3 is 2.11 bits per heavy atom. The molecule has 1 aromatic heterocycles. The second kappa shape index (κ2) is 7.98. The number of nitrogens with zero attached hydrogens (tertiary/aromatic N) is 1. The third-order valence-electron chi connectivity index (χ3n) is 4.18. The molecule has 0 radical (unpaired) electrons. The molecular weight excluding hydrogens is 372 g/mol. The number of hydrogen-bond acceptors (Lipinski definition) is 4. The van der Waals surface area contributed by atoms with Crippen molar-refractivity contribution in [2.45, 2.75) is 42.9 Å². The van der Waals surface area contributed by atoms with Crippen LogP contribution in [0.2, 0.25) is 0 Å². The minimum Gasteiger partial charge on any atom is -0.508 e. The van der Waals surface area contributed by atoms with Crippen molar-refractivity contribution in [1.29, 1.82) is 0 Å². The largest absolute Gasteiger partial charge is 0.508 e. The first-order chi connectivity index (χ1) is 13.2. The van der Waals surface area contributed by atoms with Crippen molar-refractivity contribution in [3.05, 3.63) is 59.8 Å². The highest BCUT2D eigenvalue weighted by Crippen LogP contribution is 2.30. The Morgan fingerprint density at radius 1 is 1.00 bits per heavy atom. The van der Waals surface area contributed by atoms with E-state index in [1.54, 1.807) is 23.9 Å². The van der Waals surface area contributed by atoms with E-state index in [-0.39, 0.29) is 17.2 Å². The molecule has 0 aliphatic heterocycles. The number of hydrogen-bond donors (Lipinski definition) is 4. The monoisotopic (exact) mass is 396 g/mol. The molecule has 146 valence electrons. The summed E-state index contributed by atoms with van der Waals surface area (Å²) in [6.07, 6.45) is 0. The van der Waals surface area contributed by atoms with Crippen LogP contribution in [-0.4, -0.2) is 21.3 Å². The Morgan fingerprint density at radius 2 is 1.57 bits per heavy atom. The fourth-order valence-electron chi connectivity index (χ4n) is 2.78. The first kappa shape index (κ1) is 19.8. The van der Waals surface area contributed by atoms with Crippen molar-refractivity contribution in [2.75, 3.05) is 10.6 Å². The molecule has 3 rings (SSSR count). The average Bonchev–Trinajstić information content (AvgIpc) is 2.99. The van der Waals surface area contributed by atoms with Crippen LogP contribution in [0.1, 0.15) is 32.0 Å². The number of benzene rings is 2. The first-order valence-electron chi connectivity index (χ1n) is 8.93. The van der Waals surface area contributed by atoms with Gasteiger partial charge in [-0.2, -0.15) is 5.10 Å². The fraction of sp³-hybridized carbons (Fsp3) is 0.238. The van der Waals surface area contributed by atoms with Gasteiger partial charge in [0.25, 0.3) is 0 Å². The van der Waals surface area contributed by atoms with Crippen LogP contribution < -0.4 is 10.6 Å². The Kier molecular flexibility index (Phi) is 5.65. The molecule has 0 fully saturated rings. The van der Waals surface area contributed by atoms with E-state index in [0.29, 0.717) is 11.5 Å². The lowest BCUT2D eigenvalue weighted by Crippen LogP contribution is -2.20. The SMILES string of the molecule is Cc1c(NC(=O)Nc2ccc(Sc3ccc(O)cc3)cc2)n[nH]c1C(C)(C)C. The van der Waals surface area contributed by atoms with Crippen molar-refractivity contribution in [1.82, 2.24) is 10.2 Å². The molecular formula is C21H24N4O2S. The van der Waals surface area contributed by atoms with Crippen LogP contribution in [0.3, 0.4) is 0 Å². The van der Waals surface area contributed by atoms with Gasteiger partial charge in [-0.05, 0) is 55.5 Å². The molecule has 0 aliphatic rings. The van der Waals surface area contributed by atoms with Crippen LogP contribution >= 0.6 is 11.8 Å². The van der Waals surface area contributed by atoms with E-state index < -0.39 is 0 Å². The summed E-state index contributed by atoms with van der Waals surface area (Å²) >= 11 is 1.58. The van der Waals surface area contributed by atoms with Gasteiger partial charge in [0.2, 0.25) is 0 Å². The molecule has 2 aromatic carbocycles. The number of H-pyrrole nitrogens is 1. The second-order valence-corrected chi connectivity index (χ2v) is 8.67. The van der Waals surface area contributed by atoms with E-state index in [2.05, 4.69) is 41.6 Å².